The Labute approximate surface area is 222 Å². The van der Waals surface area contributed by atoms with Gasteiger partial charge in [0.25, 0.3) is 11.8 Å². The summed E-state index contributed by atoms with van der Waals surface area (Å²) < 4.78 is 12.6. The molecule has 3 aromatic rings. The number of carbonyl (C=O) groups excluding carboxylic acids is 2. The highest BCUT2D eigenvalue weighted by molar-refractivity contribution is 8.00. The van der Waals surface area contributed by atoms with Crippen molar-refractivity contribution in [1.29, 1.82) is 0 Å². The summed E-state index contributed by atoms with van der Waals surface area (Å²) in [6, 6.07) is 2.68. The molecule has 6 rings (SSSR count). The highest BCUT2D eigenvalue weighted by Crippen LogP contribution is 2.40. The van der Waals surface area contributed by atoms with Crippen LogP contribution in [0.1, 0.15) is 5.82 Å². The van der Waals surface area contributed by atoms with E-state index in [0.29, 0.717) is 24.5 Å². The average molecular weight is 559 g/mol. The molecule has 0 spiro atoms. The molecule has 2 saturated heterocycles. The highest BCUT2D eigenvalue weighted by atomic mass is 32.2. The van der Waals surface area contributed by atoms with Crippen molar-refractivity contribution in [2.24, 2.45) is 5.16 Å². The molecule has 2 fully saturated rings. The molecular weight excluding hydrogens is 538 g/mol. The van der Waals surface area contributed by atoms with E-state index >= 15 is 0 Å². The molecule has 17 heteroatoms. The standard InChI is InChI=1S/C21H19N9O6S2/c22-21-25-16(27-38-21)13(26-36-11-7-35-8-11)17(31)24-14-18(32)30-15(20(33)34)10(9-37-19(14)30)6-28-4-5-29-12(28)2-1-3-23-29/h1-5,11,14,19H,6-9H2,(H3-,22,24,25,27,31,33,34)/p+1/b26-13-/t14-,19-/m1/s1. The van der Waals surface area contributed by atoms with E-state index in [1.165, 1.54) is 16.7 Å². The molecule has 3 aliphatic rings. The molecule has 15 nitrogen and oxygen atoms in total. The largest absolute Gasteiger partial charge is 0.477 e. The van der Waals surface area contributed by atoms with Crippen LogP contribution in [0.15, 0.2) is 47.1 Å². The summed E-state index contributed by atoms with van der Waals surface area (Å²) in [6.45, 7) is 0.932. The summed E-state index contributed by atoms with van der Waals surface area (Å²) in [7, 11) is 0. The Kier molecular flexibility index (Phi) is 6.16. The molecule has 38 heavy (non-hydrogen) atoms. The number of hydrogen-bond donors (Lipinski definition) is 3. The highest BCUT2D eigenvalue weighted by Gasteiger charge is 2.54. The lowest BCUT2D eigenvalue weighted by atomic mass is 10.0. The van der Waals surface area contributed by atoms with Gasteiger partial charge in [0.2, 0.25) is 11.5 Å². The van der Waals surface area contributed by atoms with Crippen molar-refractivity contribution < 1.29 is 33.6 Å². The average Bonchev–Trinajstić information content (AvgIpc) is 3.49. The van der Waals surface area contributed by atoms with Crippen LogP contribution in [-0.2, 0) is 30.5 Å². The zero-order valence-electron chi connectivity index (χ0n) is 19.5. The fourth-order valence-corrected chi connectivity index (χ4v) is 5.98. The number of amides is 2. The van der Waals surface area contributed by atoms with Crippen LogP contribution in [0.3, 0.4) is 0 Å². The Bertz CT molecular complexity index is 1510. The van der Waals surface area contributed by atoms with Crippen LogP contribution < -0.4 is 15.6 Å². The number of aromatic nitrogens is 5. The number of oxime groups is 1. The van der Waals surface area contributed by atoms with Crippen LogP contribution >= 0.6 is 23.3 Å². The molecule has 6 heterocycles. The van der Waals surface area contributed by atoms with Crippen molar-refractivity contribution in [2.75, 3.05) is 24.7 Å². The molecule has 2 amide bonds. The van der Waals surface area contributed by atoms with Crippen LogP contribution in [0.4, 0.5) is 5.13 Å². The third-order valence-electron chi connectivity index (χ3n) is 6.11. The first-order valence-electron chi connectivity index (χ1n) is 11.3. The topological polar surface area (TPSA) is 191 Å². The summed E-state index contributed by atoms with van der Waals surface area (Å²) in [5.74, 6) is -2.19. The number of nitrogens with two attached hydrogens (primary N) is 1. The Balaban J connectivity index is 1.21. The van der Waals surface area contributed by atoms with E-state index in [1.807, 2.05) is 10.6 Å². The van der Waals surface area contributed by atoms with Crippen LogP contribution in [-0.4, -0.2) is 89.0 Å². The number of hydrogen-bond acceptors (Lipinski definition) is 12. The van der Waals surface area contributed by atoms with Gasteiger partial charge in [-0.25, -0.2) is 9.36 Å². The molecule has 196 valence electrons. The molecule has 0 unspecified atom stereocenters. The number of nitrogens with zero attached hydrogens (tertiary/aromatic N) is 7. The van der Waals surface area contributed by atoms with Gasteiger partial charge in [-0.2, -0.15) is 9.36 Å². The van der Waals surface area contributed by atoms with Gasteiger partial charge in [-0.1, -0.05) is 10.3 Å². The first-order valence-corrected chi connectivity index (χ1v) is 13.2. The summed E-state index contributed by atoms with van der Waals surface area (Å²) in [4.78, 5) is 49.0. The van der Waals surface area contributed by atoms with E-state index in [0.717, 1.165) is 17.2 Å². The molecule has 3 aromatic heterocycles. The fraction of sp³-hybridized carbons (Fsp3) is 0.333. The number of imidazole rings is 1. The van der Waals surface area contributed by atoms with E-state index < -0.39 is 29.2 Å². The van der Waals surface area contributed by atoms with Crippen molar-refractivity contribution in [2.45, 2.75) is 24.1 Å². The number of ether oxygens (including phenoxy) is 1. The molecule has 0 saturated carbocycles. The maximum atomic E-state index is 13.1. The minimum absolute atomic E-state index is 0.0371. The second-order valence-corrected chi connectivity index (χ2v) is 10.4. The zero-order valence-corrected chi connectivity index (χ0v) is 21.1. The molecule has 0 aromatic carbocycles. The van der Waals surface area contributed by atoms with Crippen molar-refractivity contribution >= 4 is 57.6 Å². The SMILES string of the molecule is Nc1nc(/C(=N/OC2COC2)C(=O)N[C@@H]2C(=O)N3C(C(=O)O)=C(C[n+]4ccn5ncccc54)CS[C@H]23)ns1. The number of carboxylic acid groups (broad SMARTS) is 1. The first-order chi connectivity index (χ1) is 18.4. The predicted octanol–water partition coefficient (Wildman–Crippen LogP) is -1.39. The van der Waals surface area contributed by atoms with E-state index in [1.54, 1.807) is 29.2 Å². The summed E-state index contributed by atoms with van der Waals surface area (Å²) in [5, 5.41) is 20.3. The predicted molar refractivity (Wildman–Crippen MR) is 132 cm³/mol. The number of thioether (sulfide) groups is 1. The molecule has 0 aliphatic carbocycles. The Morgan fingerprint density at radius 1 is 1.39 bits per heavy atom. The quantitative estimate of drug-likeness (QED) is 0.128. The van der Waals surface area contributed by atoms with Crippen LogP contribution in [0.2, 0.25) is 0 Å². The summed E-state index contributed by atoms with van der Waals surface area (Å²) in [6.07, 6.45) is 4.90. The number of aliphatic carboxylic acids is 1. The molecule has 4 N–H and O–H groups in total. The van der Waals surface area contributed by atoms with E-state index in [9.17, 15) is 19.5 Å². The molecule has 0 bridgehead atoms. The molecule has 2 atom stereocenters. The van der Waals surface area contributed by atoms with Crippen molar-refractivity contribution in [1.82, 2.24) is 29.2 Å². The number of anilines is 1. The molecule has 0 radical (unpaired) electrons. The van der Waals surface area contributed by atoms with Gasteiger partial charge in [0.1, 0.15) is 29.9 Å². The van der Waals surface area contributed by atoms with Gasteiger partial charge in [0.05, 0.1) is 19.4 Å². The Morgan fingerprint density at radius 3 is 2.95 bits per heavy atom. The molecular formula is C21H20N9O6S2+. The normalized spacial score (nSPS) is 21.6. The third-order valence-corrected chi connectivity index (χ3v) is 7.99. The van der Waals surface area contributed by atoms with Crippen molar-refractivity contribution in [3.8, 4) is 0 Å². The number of fused-ring (bicyclic) bond motifs is 2. The fourth-order valence-electron chi connectivity index (χ4n) is 4.21. The van der Waals surface area contributed by atoms with Crippen molar-refractivity contribution in [3.05, 3.63) is 47.8 Å². The van der Waals surface area contributed by atoms with Gasteiger partial charge >= 0.3 is 11.6 Å². The maximum absolute atomic E-state index is 13.1. The van der Waals surface area contributed by atoms with E-state index in [4.69, 9.17) is 15.3 Å². The van der Waals surface area contributed by atoms with E-state index in [2.05, 4.69) is 24.9 Å². The number of β-lactam (4-membered cyclic amide) rings is 1. The van der Waals surface area contributed by atoms with Crippen LogP contribution in [0, 0.1) is 0 Å². The van der Waals surface area contributed by atoms with Gasteiger partial charge in [-0.05, 0) is 6.07 Å². The Morgan fingerprint density at radius 2 is 2.24 bits per heavy atom. The third kappa shape index (κ3) is 4.23. The van der Waals surface area contributed by atoms with Gasteiger partial charge in [-0.3, -0.25) is 14.5 Å². The van der Waals surface area contributed by atoms with Crippen molar-refractivity contribution in [3.63, 3.8) is 0 Å². The van der Waals surface area contributed by atoms with Gasteiger partial charge in [0, 0.05) is 28.9 Å². The summed E-state index contributed by atoms with van der Waals surface area (Å²) >= 11 is 2.25. The minimum Gasteiger partial charge on any atom is -0.477 e. The number of nitrogen functional groups attached to an aromatic ring is 1. The number of carbonyl (C=O) groups is 3. The second kappa shape index (κ2) is 9.66. The maximum Gasteiger partial charge on any atom is 0.352 e. The lowest BCUT2D eigenvalue weighted by molar-refractivity contribution is -0.662. The van der Waals surface area contributed by atoms with Crippen LogP contribution in [0.25, 0.3) is 5.65 Å². The number of rotatable bonds is 8. The van der Waals surface area contributed by atoms with Gasteiger partial charge in [0.15, 0.2) is 17.4 Å². The first kappa shape index (κ1) is 24.3. The number of carboxylic acids is 1. The molecule has 3 aliphatic heterocycles. The second-order valence-electron chi connectivity index (χ2n) is 8.53. The lowest BCUT2D eigenvalue weighted by Crippen LogP contribution is -2.71. The van der Waals surface area contributed by atoms with Gasteiger partial charge in [-0.15, -0.1) is 16.3 Å². The monoisotopic (exact) mass is 558 g/mol. The van der Waals surface area contributed by atoms with Gasteiger partial charge < -0.3 is 25.7 Å². The Hall–Kier alpha value is -4.09. The lowest BCUT2D eigenvalue weighted by Gasteiger charge is -2.49. The minimum atomic E-state index is -1.22. The zero-order chi connectivity index (χ0) is 26.4. The van der Waals surface area contributed by atoms with Crippen LogP contribution in [0.5, 0.6) is 0 Å². The summed E-state index contributed by atoms with van der Waals surface area (Å²) in [5.41, 5.74) is 6.68. The number of nitrogens with one attached hydrogen (secondary N) is 1. The van der Waals surface area contributed by atoms with E-state index in [-0.39, 0.29) is 35.0 Å². The smallest absolute Gasteiger partial charge is 0.352 e.